The molecule has 2 aromatic rings. The number of hydrazine groups is 1. The Morgan fingerprint density at radius 2 is 1.73 bits per heavy atom. The van der Waals surface area contributed by atoms with Crippen LogP contribution in [0.1, 0.15) is 46.9 Å². The standard InChI is InChI=1S/C25H25ClN2O5/c1-15-6-11-20-21(12-15)25(32)28(24(20)31)27(23(30)16-7-9-18(26)10-8-16)14-22(29)17-4-3-5-19(13-17)33-2/h3-5,7-10,13,15,20-21H,6,11-12,14H2,1-2H3/t15-,20+,21+/m0/s1. The van der Waals surface area contributed by atoms with Crippen LogP contribution >= 0.6 is 11.6 Å². The predicted octanol–water partition coefficient (Wildman–Crippen LogP) is 4.01. The minimum absolute atomic E-state index is 0.224. The summed E-state index contributed by atoms with van der Waals surface area (Å²) in [4.78, 5) is 53.2. The average molecular weight is 469 g/mol. The lowest BCUT2D eigenvalue weighted by molar-refractivity contribution is -0.154. The summed E-state index contributed by atoms with van der Waals surface area (Å²) in [7, 11) is 1.49. The summed E-state index contributed by atoms with van der Waals surface area (Å²) < 4.78 is 5.18. The van der Waals surface area contributed by atoms with Crippen LogP contribution in [0.15, 0.2) is 48.5 Å². The van der Waals surface area contributed by atoms with Gasteiger partial charge in [0.1, 0.15) is 12.3 Å². The number of hydrogen-bond acceptors (Lipinski definition) is 5. The zero-order chi connectivity index (χ0) is 23.7. The van der Waals surface area contributed by atoms with Crippen molar-refractivity contribution in [2.45, 2.75) is 26.2 Å². The van der Waals surface area contributed by atoms with Crippen LogP contribution in [0.5, 0.6) is 5.75 Å². The highest BCUT2D eigenvalue weighted by Gasteiger charge is 2.52. The molecule has 0 N–H and O–H groups in total. The van der Waals surface area contributed by atoms with Crippen molar-refractivity contribution in [1.82, 2.24) is 10.0 Å². The van der Waals surface area contributed by atoms with Gasteiger partial charge in [0, 0.05) is 16.1 Å². The lowest BCUT2D eigenvalue weighted by Gasteiger charge is -2.30. The van der Waals surface area contributed by atoms with Gasteiger partial charge in [-0.15, -0.1) is 0 Å². The lowest BCUT2D eigenvalue weighted by Crippen LogP contribution is -2.52. The Balaban J connectivity index is 1.69. The number of Topliss-reactive ketones (excluding diaryl/α,β-unsaturated/α-hetero) is 1. The highest BCUT2D eigenvalue weighted by molar-refractivity contribution is 6.30. The van der Waals surface area contributed by atoms with Gasteiger partial charge in [-0.05, 0) is 61.6 Å². The third-order valence-electron chi connectivity index (χ3n) is 6.42. The van der Waals surface area contributed by atoms with Gasteiger partial charge in [-0.2, -0.15) is 5.01 Å². The van der Waals surface area contributed by atoms with Crippen LogP contribution in [-0.2, 0) is 9.59 Å². The van der Waals surface area contributed by atoms with E-state index >= 15 is 0 Å². The molecule has 1 saturated heterocycles. The molecule has 2 aliphatic rings. The normalized spacial score (nSPS) is 22.2. The zero-order valence-corrected chi connectivity index (χ0v) is 19.2. The van der Waals surface area contributed by atoms with Crippen molar-refractivity contribution in [2.75, 3.05) is 13.7 Å². The molecule has 2 fully saturated rings. The monoisotopic (exact) mass is 468 g/mol. The van der Waals surface area contributed by atoms with Gasteiger partial charge in [0.2, 0.25) is 0 Å². The topological polar surface area (TPSA) is 84.0 Å². The van der Waals surface area contributed by atoms with E-state index in [2.05, 4.69) is 6.92 Å². The highest BCUT2D eigenvalue weighted by atomic mass is 35.5. The van der Waals surface area contributed by atoms with E-state index in [1.807, 2.05) is 0 Å². The number of carbonyl (C=O) groups is 4. The molecule has 0 aromatic heterocycles. The molecule has 3 amide bonds. The van der Waals surface area contributed by atoms with Crippen LogP contribution in [0.3, 0.4) is 0 Å². The summed E-state index contributed by atoms with van der Waals surface area (Å²) in [6, 6.07) is 12.6. The predicted molar refractivity (Wildman–Crippen MR) is 122 cm³/mol. The molecule has 0 bridgehead atoms. The van der Waals surface area contributed by atoms with Crippen LogP contribution in [0.4, 0.5) is 0 Å². The van der Waals surface area contributed by atoms with Crippen molar-refractivity contribution in [3.8, 4) is 5.75 Å². The Bertz CT molecular complexity index is 1100. The van der Waals surface area contributed by atoms with Crippen molar-refractivity contribution >= 4 is 35.1 Å². The molecule has 7 nitrogen and oxygen atoms in total. The smallest absolute Gasteiger partial charge is 0.273 e. The Morgan fingerprint density at radius 1 is 1.03 bits per heavy atom. The molecular weight excluding hydrogens is 444 g/mol. The quantitative estimate of drug-likeness (QED) is 0.472. The van der Waals surface area contributed by atoms with Gasteiger partial charge in [0.05, 0.1) is 18.9 Å². The van der Waals surface area contributed by atoms with Crippen LogP contribution in [0, 0.1) is 17.8 Å². The SMILES string of the molecule is COc1cccc(C(=O)CN(C(=O)c2ccc(Cl)cc2)N2C(=O)[C@@H]3CC[C@H](C)C[C@H]3C2=O)c1. The van der Waals surface area contributed by atoms with Gasteiger partial charge >= 0.3 is 0 Å². The van der Waals surface area contributed by atoms with Crippen molar-refractivity contribution < 1.29 is 23.9 Å². The first-order chi connectivity index (χ1) is 15.8. The summed E-state index contributed by atoms with van der Waals surface area (Å²) >= 11 is 5.95. The van der Waals surface area contributed by atoms with E-state index in [1.54, 1.807) is 36.4 Å². The molecule has 1 heterocycles. The third kappa shape index (κ3) is 4.50. The summed E-state index contributed by atoms with van der Waals surface area (Å²) in [5.74, 6) is -1.98. The van der Waals surface area contributed by atoms with Crippen molar-refractivity contribution in [2.24, 2.45) is 17.8 Å². The molecule has 0 radical (unpaired) electrons. The van der Waals surface area contributed by atoms with E-state index in [-0.39, 0.29) is 5.56 Å². The van der Waals surface area contributed by atoms with E-state index < -0.39 is 41.9 Å². The Labute approximate surface area is 197 Å². The van der Waals surface area contributed by atoms with Gasteiger partial charge in [-0.25, -0.2) is 5.01 Å². The second kappa shape index (κ2) is 9.35. The zero-order valence-electron chi connectivity index (χ0n) is 18.5. The van der Waals surface area contributed by atoms with E-state index in [0.717, 1.165) is 16.4 Å². The van der Waals surface area contributed by atoms with Crippen molar-refractivity contribution in [3.05, 3.63) is 64.7 Å². The molecule has 8 heteroatoms. The number of nitrogens with zero attached hydrogens (tertiary/aromatic N) is 2. The maximum absolute atomic E-state index is 13.5. The van der Waals surface area contributed by atoms with Crippen LogP contribution in [0.2, 0.25) is 5.02 Å². The van der Waals surface area contributed by atoms with Crippen molar-refractivity contribution in [3.63, 3.8) is 0 Å². The first-order valence-electron chi connectivity index (χ1n) is 10.9. The fourth-order valence-electron chi connectivity index (χ4n) is 4.61. The summed E-state index contributed by atoms with van der Waals surface area (Å²) in [5, 5.41) is 2.33. The number of ether oxygens (including phenoxy) is 1. The van der Waals surface area contributed by atoms with Gasteiger partial charge < -0.3 is 4.74 Å². The molecule has 4 rings (SSSR count). The van der Waals surface area contributed by atoms with E-state index in [4.69, 9.17) is 16.3 Å². The van der Waals surface area contributed by atoms with Crippen LogP contribution in [0.25, 0.3) is 0 Å². The highest BCUT2D eigenvalue weighted by Crippen LogP contribution is 2.41. The largest absolute Gasteiger partial charge is 0.497 e. The minimum atomic E-state index is -0.615. The number of halogens is 1. The molecule has 3 atom stereocenters. The van der Waals surface area contributed by atoms with Gasteiger partial charge in [0.15, 0.2) is 5.78 Å². The number of rotatable bonds is 6. The molecule has 1 saturated carbocycles. The molecule has 1 aliphatic carbocycles. The number of carbonyl (C=O) groups excluding carboxylic acids is 4. The van der Waals surface area contributed by atoms with Crippen LogP contribution in [-0.4, -0.2) is 47.2 Å². The molecule has 0 unspecified atom stereocenters. The molecule has 33 heavy (non-hydrogen) atoms. The number of amides is 3. The number of ketones is 1. The molecule has 2 aromatic carbocycles. The molecule has 0 spiro atoms. The fraction of sp³-hybridized carbons (Fsp3) is 0.360. The van der Waals surface area contributed by atoms with E-state index in [0.29, 0.717) is 35.1 Å². The van der Waals surface area contributed by atoms with Gasteiger partial charge in [0.25, 0.3) is 17.7 Å². The number of benzene rings is 2. The Kier molecular flexibility index (Phi) is 6.51. The first-order valence-corrected chi connectivity index (χ1v) is 11.3. The average Bonchev–Trinajstić information content (AvgIpc) is 3.06. The molecular formula is C25H25ClN2O5. The van der Waals surface area contributed by atoms with E-state index in [9.17, 15) is 19.2 Å². The molecule has 1 aliphatic heterocycles. The van der Waals surface area contributed by atoms with Gasteiger partial charge in [-0.1, -0.05) is 30.7 Å². The number of methoxy groups -OCH3 is 1. The summed E-state index contributed by atoms with van der Waals surface area (Å²) in [6.45, 7) is 1.60. The Morgan fingerprint density at radius 3 is 2.42 bits per heavy atom. The second-order valence-electron chi connectivity index (χ2n) is 8.64. The fourth-order valence-corrected chi connectivity index (χ4v) is 4.73. The minimum Gasteiger partial charge on any atom is -0.497 e. The van der Waals surface area contributed by atoms with E-state index in [1.165, 1.54) is 19.2 Å². The number of imide groups is 1. The van der Waals surface area contributed by atoms with Gasteiger partial charge in [-0.3, -0.25) is 19.2 Å². The van der Waals surface area contributed by atoms with Crippen molar-refractivity contribution in [1.29, 1.82) is 0 Å². The third-order valence-corrected chi connectivity index (χ3v) is 6.67. The lowest BCUT2D eigenvalue weighted by atomic mass is 9.76. The second-order valence-corrected chi connectivity index (χ2v) is 9.08. The maximum Gasteiger partial charge on any atom is 0.273 e. The number of fused-ring (bicyclic) bond motifs is 1. The number of hydrogen-bond donors (Lipinski definition) is 0. The maximum atomic E-state index is 13.5. The summed E-state index contributed by atoms with van der Waals surface area (Å²) in [6.07, 6.45) is 2.04. The Hall–Kier alpha value is -3.19. The first kappa shape index (κ1) is 23.0. The van der Waals surface area contributed by atoms with Crippen LogP contribution < -0.4 is 4.74 Å². The summed E-state index contributed by atoms with van der Waals surface area (Å²) in [5.41, 5.74) is 0.537. The molecule has 172 valence electrons.